The van der Waals surface area contributed by atoms with Gasteiger partial charge in [-0.2, -0.15) is 0 Å². The van der Waals surface area contributed by atoms with E-state index in [1.807, 2.05) is 0 Å². The second-order valence-corrected chi connectivity index (χ2v) is 5.15. The third-order valence-corrected chi connectivity index (χ3v) is 3.34. The molecule has 0 aliphatic heterocycles. The zero-order valence-electron chi connectivity index (χ0n) is 13.9. The number of carbonyl (C=O) groups is 2. The van der Waals surface area contributed by atoms with Gasteiger partial charge < -0.3 is 15.2 Å². The molecule has 0 aliphatic rings. The fraction of sp³-hybridized carbons (Fsp3) is 0.111. The number of benzene rings is 2. The van der Waals surface area contributed by atoms with Crippen molar-refractivity contribution in [1.29, 1.82) is 0 Å². The molecule has 5 nitrogen and oxygen atoms in total. The lowest BCUT2D eigenvalue weighted by Crippen LogP contribution is -2.19. The number of nitrogens with one attached hydrogen (secondary N) is 1. The maximum absolute atomic E-state index is 13.9. The summed E-state index contributed by atoms with van der Waals surface area (Å²) in [7, 11) is 0. The Balaban J connectivity index is 2.45. The first kappa shape index (κ1) is 20.0. The Morgan fingerprint density at radius 2 is 1.70 bits per heavy atom. The standard InChI is InChI=1S/C18H13F4NO4/c1-2-27-18(26)12(8-23-9-3-5-10(24)6-4-9)17(25)11-7-13(19)15(21)16(22)14(11)20/h3-8,23-24H,2H2,1H3. The number of ketones is 1. The molecule has 9 heteroatoms. The molecule has 0 aromatic heterocycles. The maximum atomic E-state index is 13.9. The number of esters is 1. The molecule has 2 aromatic rings. The first-order valence-corrected chi connectivity index (χ1v) is 7.56. The number of carbonyl (C=O) groups excluding carboxylic acids is 2. The molecule has 2 rings (SSSR count). The van der Waals surface area contributed by atoms with E-state index >= 15 is 0 Å². The minimum atomic E-state index is -2.17. The predicted octanol–water partition coefficient (Wildman–Crippen LogP) is 3.69. The van der Waals surface area contributed by atoms with Crippen LogP contribution in [0.2, 0.25) is 0 Å². The van der Waals surface area contributed by atoms with Crippen molar-refractivity contribution < 1.29 is 37.0 Å². The summed E-state index contributed by atoms with van der Waals surface area (Å²) in [5, 5.41) is 11.8. The summed E-state index contributed by atoms with van der Waals surface area (Å²) in [6.07, 6.45) is 0.852. The van der Waals surface area contributed by atoms with Gasteiger partial charge in [0.05, 0.1) is 12.2 Å². The summed E-state index contributed by atoms with van der Waals surface area (Å²) >= 11 is 0. The molecule has 0 saturated heterocycles. The van der Waals surface area contributed by atoms with Crippen LogP contribution in [0.5, 0.6) is 5.75 Å². The molecule has 0 radical (unpaired) electrons. The van der Waals surface area contributed by atoms with Gasteiger partial charge >= 0.3 is 5.97 Å². The number of phenols is 1. The average Bonchev–Trinajstić information content (AvgIpc) is 2.64. The lowest BCUT2D eigenvalue weighted by atomic mass is 10.0. The summed E-state index contributed by atoms with van der Waals surface area (Å²) in [6.45, 7) is 1.32. The van der Waals surface area contributed by atoms with E-state index in [1.54, 1.807) is 0 Å². The van der Waals surface area contributed by atoms with Gasteiger partial charge in [0, 0.05) is 11.9 Å². The van der Waals surface area contributed by atoms with Crippen LogP contribution in [0, 0.1) is 23.3 Å². The van der Waals surface area contributed by atoms with Gasteiger partial charge in [0.15, 0.2) is 23.3 Å². The molecule has 0 atom stereocenters. The molecule has 0 bridgehead atoms. The first-order chi connectivity index (χ1) is 12.8. The number of aromatic hydroxyl groups is 1. The van der Waals surface area contributed by atoms with Crippen LogP contribution in [-0.4, -0.2) is 23.5 Å². The molecule has 0 saturated carbocycles. The first-order valence-electron chi connectivity index (χ1n) is 7.56. The third-order valence-electron chi connectivity index (χ3n) is 3.34. The normalized spacial score (nSPS) is 11.2. The smallest absolute Gasteiger partial charge is 0.343 e. The van der Waals surface area contributed by atoms with Gasteiger partial charge in [-0.1, -0.05) is 0 Å². The van der Waals surface area contributed by atoms with Crippen molar-refractivity contribution in [3.8, 4) is 5.75 Å². The Bertz CT molecular complexity index is 911. The van der Waals surface area contributed by atoms with Crippen LogP contribution >= 0.6 is 0 Å². The molecule has 0 unspecified atom stereocenters. The van der Waals surface area contributed by atoms with Crippen LogP contribution in [0.4, 0.5) is 23.2 Å². The molecule has 0 fully saturated rings. The highest BCUT2D eigenvalue weighted by atomic mass is 19.2. The van der Waals surface area contributed by atoms with Crippen molar-refractivity contribution in [3.05, 3.63) is 70.9 Å². The molecule has 0 aliphatic carbocycles. The van der Waals surface area contributed by atoms with E-state index in [4.69, 9.17) is 0 Å². The summed E-state index contributed by atoms with van der Waals surface area (Å²) in [5.74, 6) is -10.6. The van der Waals surface area contributed by atoms with Crippen molar-refractivity contribution in [2.75, 3.05) is 11.9 Å². The molecule has 0 spiro atoms. The molecular formula is C18H13F4NO4. The van der Waals surface area contributed by atoms with E-state index in [2.05, 4.69) is 10.1 Å². The number of ether oxygens (including phenoxy) is 1. The highest BCUT2D eigenvalue weighted by molar-refractivity contribution is 6.24. The molecule has 142 valence electrons. The molecular weight excluding hydrogens is 370 g/mol. The van der Waals surface area contributed by atoms with E-state index in [1.165, 1.54) is 31.2 Å². The van der Waals surface area contributed by atoms with Gasteiger partial charge in [0.25, 0.3) is 0 Å². The maximum Gasteiger partial charge on any atom is 0.343 e. The van der Waals surface area contributed by atoms with Crippen LogP contribution in [0.15, 0.2) is 42.1 Å². The fourth-order valence-electron chi connectivity index (χ4n) is 2.02. The number of rotatable bonds is 6. The Morgan fingerprint density at radius 3 is 2.30 bits per heavy atom. The number of hydrogen-bond acceptors (Lipinski definition) is 5. The SMILES string of the molecule is CCOC(=O)C(=CNc1ccc(O)cc1)C(=O)c1cc(F)c(F)c(F)c1F. The summed E-state index contributed by atoms with van der Waals surface area (Å²) in [4.78, 5) is 24.4. The third kappa shape index (κ3) is 4.43. The quantitative estimate of drug-likeness (QED) is 0.0916. The van der Waals surface area contributed by atoms with Gasteiger partial charge in [0.2, 0.25) is 5.78 Å². The van der Waals surface area contributed by atoms with Crippen LogP contribution in [0.1, 0.15) is 17.3 Å². The molecule has 0 amide bonds. The van der Waals surface area contributed by atoms with Gasteiger partial charge in [0.1, 0.15) is 11.3 Å². The van der Waals surface area contributed by atoms with Gasteiger partial charge in [-0.05, 0) is 37.3 Å². The highest BCUT2D eigenvalue weighted by Gasteiger charge is 2.28. The average molecular weight is 383 g/mol. The number of Topliss-reactive ketones (excluding diaryl/α,β-unsaturated/α-hetero) is 1. The zero-order valence-corrected chi connectivity index (χ0v) is 13.9. The lowest BCUT2D eigenvalue weighted by molar-refractivity contribution is -0.138. The molecule has 27 heavy (non-hydrogen) atoms. The van der Waals surface area contributed by atoms with Crippen molar-refractivity contribution in [3.63, 3.8) is 0 Å². The summed E-state index contributed by atoms with van der Waals surface area (Å²) in [5.41, 5.74) is -1.60. The van der Waals surface area contributed by atoms with E-state index in [0.717, 1.165) is 6.20 Å². The molecule has 2 aromatic carbocycles. The monoisotopic (exact) mass is 383 g/mol. The summed E-state index contributed by atoms with van der Waals surface area (Å²) in [6, 6.07) is 5.58. The Morgan fingerprint density at radius 1 is 1.07 bits per heavy atom. The lowest BCUT2D eigenvalue weighted by Gasteiger charge is -2.09. The highest BCUT2D eigenvalue weighted by Crippen LogP contribution is 2.22. The van der Waals surface area contributed by atoms with Crippen molar-refractivity contribution >= 4 is 17.4 Å². The van der Waals surface area contributed by atoms with Gasteiger partial charge in [-0.3, -0.25) is 4.79 Å². The summed E-state index contributed by atoms with van der Waals surface area (Å²) < 4.78 is 58.4. The van der Waals surface area contributed by atoms with Crippen molar-refractivity contribution in [2.24, 2.45) is 0 Å². The minimum Gasteiger partial charge on any atom is -0.508 e. The van der Waals surface area contributed by atoms with Crippen LogP contribution in [-0.2, 0) is 9.53 Å². The topological polar surface area (TPSA) is 75.6 Å². The predicted molar refractivity (Wildman–Crippen MR) is 87.1 cm³/mol. The van der Waals surface area contributed by atoms with Crippen molar-refractivity contribution in [2.45, 2.75) is 6.92 Å². The van der Waals surface area contributed by atoms with Crippen LogP contribution in [0.3, 0.4) is 0 Å². The molecule has 2 N–H and O–H groups in total. The Hall–Kier alpha value is -3.36. The Kier molecular flexibility index (Phi) is 6.17. The van der Waals surface area contributed by atoms with E-state index in [-0.39, 0.29) is 18.4 Å². The number of hydrogen-bond donors (Lipinski definition) is 2. The van der Waals surface area contributed by atoms with Crippen LogP contribution in [0.25, 0.3) is 0 Å². The second-order valence-electron chi connectivity index (χ2n) is 5.15. The number of anilines is 1. The van der Waals surface area contributed by atoms with Crippen molar-refractivity contribution in [1.82, 2.24) is 0 Å². The number of phenolic OH excluding ortho intramolecular Hbond substituents is 1. The largest absolute Gasteiger partial charge is 0.508 e. The van der Waals surface area contributed by atoms with Gasteiger partial charge in [-0.25, -0.2) is 22.4 Å². The number of halogens is 4. The second kappa shape index (κ2) is 8.35. The van der Waals surface area contributed by atoms with E-state index < -0.39 is 46.2 Å². The van der Waals surface area contributed by atoms with E-state index in [9.17, 15) is 32.3 Å². The Labute approximate surface area is 150 Å². The van der Waals surface area contributed by atoms with Crippen LogP contribution < -0.4 is 5.32 Å². The minimum absolute atomic E-state index is 0.0365. The van der Waals surface area contributed by atoms with E-state index in [0.29, 0.717) is 5.69 Å². The molecule has 0 heterocycles. The van der Waals surface area contributed by atoms with Gasteiger partial charge in [-0.15, -0.1) is 0 Å². The fourth-order valence-corrected chi connectivity index (χ4v) is 2.02. The zero-order chi connectivity index (χ0) is 20.1.